The Morgan fingerprint density at radius 3 is 2.81 bits per heavy atom. The molecular weight excluding hydrogens is 384 g/mol. The zero-order chi connectivity index (χ0) is 18.1. The van der Waals surface area contributed by atoms with Crippen LogP contribution in [0.4, 0.5) is 5.00 Å². The van der Waals surface area contributed by atoms with Crippen LogP contribution in [0.1, 0.15) is 49.2 Å². The Balaban J connectivity index is 1.63. The molecule has 0 radical (unpaired) electrons. The normalized spacial score (nSPS) is 13.4. The van der Waals surface area contributed by atoms with E-state index < -0.39 is 0 Å². The van der Waals surface area contributed by atoms with Gasteiger partial charge in [0.1, 0.15) is 5.00 Å². The Morgan fingerprint density at radius 1 is 1.23 bits per heavy atom. The van der Waals surface area contributed by atoms with Crippen molar-refractivity contribution < 1.29 is 9.59 Å². The van der Waals surface area contributed by atoms with E-state index in [-0.39, 0.29) is 18.1 Å². The quantitative estimate of drug-likeness (QED) is 0.620. The number of hydrogen-bond donors (Lipinski definition) is 1. The van der Waals surface area contributed by atoms with Gasteiger partial charge in [0.2, 0.25) is 11.7 Å². The molecule has 0 bridgehead atoms. The number of carbonyl (C=O) groups is 2. The number of nitrogens with zero attached hydrogens (tertiary/aromatic N) is 1. The average molecular weight is 403 g/mol. The molecule has 1 aliphatic carbocycles. The Kier molecular flexibility index (Phi) is 5.02. The van der Waals surface area contributed by atoms with E-state index in [4.69, 9.17) is 0 Å². The van der Waals surface area contributed by atoms with Gasteiger partial charge >= 0.3 is 0 Å². The summed E-state index contributed by atoms with van der Waals surface area (Å²) in [6.07, 6.45) is 4.39. The zero-order valence-electron chi connectivity index (χ0n) is 14.3. The van der Waals surface area contributed by atoms with Crippen molar-refractivity contribution in [3.63, 3.8) is 0 Å². The maximum Gasteiger partial charge on any atom is 0.231 e. The summed E-state index contributed by atoms with van der Waals surface area (Å²) in [4.78, 5) is 31.9. The molecule has 1 amide bonds. The number of anilines is 1. The van der Waals surface area contributed by atoms with Crippen molar-refractivity contribution in [2.75, 3.05) is 5.32 Å². The van der Waals surface area contributed by atoms with Crippen LogP contribution in [-0.4, -0.2) is 16.7 Å². The van der Waals surface area contributed by atoms with Gasteiger partial charge in [-0.2, -0.15) is 0 Å². The minimum Gasteiger partial charge on any atom is -0.317 e. The SMILES string of the molecule is Cc1nc(CC(=O)Nc2sc3c(c2C(=O)c2cccs2)CCCC3)cs1. The zero-order valence-corrected chi connectivity index (χ0v) is 16.8. The molecule has 0 aliphatic heterocycles. The number of thiophene rings is 2. The fourth-order valence-corrected chi connectivity index (χ4v) is 5.84. The highest BCUT2D eigenvalue weighted by molar-refractivity contribution is 7.17. The van der Waals surface area contributed by atoms with Crippen LogP contribution in [0.2, 0.25) is 0 Å². The van der Waals surface area contributed by atoms with Gasteiger partial charge in [-0.15, -0.1) is 34.0 Å². The Bertz CT molecular complexity index is 954. The van der Waals surface area contributed by atoms with E-state index in [9.17, 15) is 9.59 Å². The van der Waals surface area contributed by atoms with Gasteiger partial charge in [0.25, 0.3) is 0 Å². The molecule has 3 heterocycles. The van der Waals surface area contributed by atoms with E-state index in [0.717, 1.165) is 46.8 Å². The van der Waals surface area contributed by atoms with Gasteiger partial charge in [0.15, 0.2) is 0 Å². The molecular formula is C19H18N2O2S3. The van der Waals surface area contributed by atoms with E-state index in [1.54, 1.807) is 11.3 Å². The van der Waals surface area contributed by atoms with Crippen molar-refractivity contribution in [3.8, 4) is 0 Å². The summed E-state index contributed by atoms with van der Waals surface area (Å²) < 4.78 is 0. The number of aromatic nitrogens is 1. The first-order valence-corrected chi connectivity index (χ1v) is 11.1. The van der Waals surface area contributed by atoms with Crippen LogP contribution in [-0.2, 0) is 24.1 Å². The van der Waals surface area contributed by atoms with Crippen LogP contribution in [0.25, 0.3) is 0 Å². The third kappa shape index (κ3) is 3.51. The molecule has 26 heavy (non-hydrogen) atoms. The number of rotatable bonds is 5. The van der Waals surface area contributed by atoms with E-state index in [0.29, 0.717) is 10.6 Å². The lowest BCUT2D eigenvalue weighted by atomic mass is 9.93. The maximum atomic E-state index is 13.1. The molecule has 0 atom stereocenters. The first-order valence-electron chi connectivity index (χ1n) is 8.55. The van der Waals surface area contributed by atoms with Crippen molar-refractivity contribution in [3.05, 3.63) is 54.5 Å². The van der Waals surface area contributed by atoms with E-state index in [2.05, 4.69) is 10.3 Å². The first-order chi connectivity index (χ1) is 12.6. The lowest BCUT2D eigenvalue weighted by Gasteiger charge is -2.12. The molecule has 0 saturated carbocycles. The number of nitrogens with one attached hydrogen (secondary N) is 1. The van der Waals surface area contributed by atoms with Crippen LogP contribution in [0.3, 0.4) is 0 Å². The highest BCUT2D eigenvalue weighted by Gasteiger charge is 2.27. The lowest BCUT2D eigenvalue weighted by molar-refractivity contribution is -0.115. The average Bonchev–Trinajstić information content (AvgIpc) is 3.34. The predicted octanol–water partition coefficient (Wildman–Crippen LogP) is 4.87. The van der Waals surface area contributed by atoms with Gasteiger partial charge in [-0.25, -0.2) is 4.98 Å². The first kappa shape index (κ1) is 17.6. The number of hydrogen-bond acceptors (Lipinski definition) is 6. The Morgan fingerprint density at radius 2 is 2.08 bits per heavy atom. The van der Waals surface area contributed by atoms with Crippen molar-refractivity contribution in [2.45, 2.75) is 39.0 Å². The molecule has 3 aromatic rings. The van der Waals surface area contributed by atoms with Crippen LogP contribution in [0.5, 0.6) is 0 Å². The molecule has 7 heteroatoms. The molecule has 0 spiro atoms. The van der Waals surface area contributed by atoms with Gasteiger partial charge in [-0.3, -0.25) is 9.59 Å². The Hall–Kier alpha value is -1.83. The summed E-state index contributed by atoms with van der Waals surface area (Å²) in [6.45, 7) is 1.93. The summed E-state index contributed by atoms with van der Waals surface area (Å²) in [5, 5.41) is 8.47. The molecule has 0 unspecified atom stereocenters. The molecule has 1 aliphatic rings. The van der Waals surface area contributed by atoms with Gasteiger partial charge in [0, 0.05) is 10.3 Å². The van der Waals surface area contributed by atoms with E-state index in [1.165, 1.54) is 27.6 Å². The number of fused-ring (bicyclic) bond motifs is 1. The van der Waals surface area contributed by atoms with Gasteiger partial charge in [0.05, 0.1) is 27.6 Å². The number of amides is 1. The molecule has 4 nitrogen and oxygen atoms in total. The van der Waals surface area contributed by atoms with E-state index in [1.807, 2.05) is 29.8 Å². The van der Waals surface area contributed by atoms with Crippen molar-refractivity contribution >= 4 is 50.7 Å². The number of ketones is 1. The number of thiazole rings is 1. The van der Waals surface area contributed by atoms with E-state index >= 15 is 0 Å². The third-order valence-electron chi connectivity index (χ3n) is 4.40. The summed E-state index contributed by atoms with van der Waals surface area (Å²) in [5.41, 5.74) is 2.62. The largest absolute Gasteiger partial charge is 0.317 e. The fourth-order valence-electron chi connectivity index (χ4n) is 3.25. The van der Waals surface area contributed by atoms with Crippen molar-refractivity contribution in [2.24, 2.45) is 0 Å². The standard InChI is InChI=1S/C19H18N2O2S3/c1-11-20-12(10-25-11)9-16(22)21-19-17(18(23)15-7-4-8-24-15)13-5-2-3-6-14(13)26-19/h4,7-8,10H,2-3,5-6,9H2,1H3,(H,21,22). The minimum absolute atomic E-state index is 0.0270. The summed E-state index contributed by atoms with van der Waals surface area (Å²) in [5.74, 6) is -0.0895. The molecule has 3 aromatic heterocycles. The van der Waals surface area contributed by atoms with Crippen LogP contribution in [0, 0.1) is 6.92 Å². The second-order valence-corrected chi connectivity index (χ2v) is 9.42. The molecule has 1 N–H and O–H groups in total. The number of aryl methyl sites for hydroxylation is 2. The van der Waals surface area contributed by atoms with Gasteiger partial charge in [-0.1, -0.05) is 6.07 Å². The highest BCUT2D eigenvalue weighted by Crippen LogP contribution is 2.39. The topological polar surface area (TPSA) is 59.1 Å². The summed E-state index contributed by atoms with van der Waals surface area (Å²) in [6, 6.07) is 3.74. The predicted molar refractivity (Wildman–Crippen MR) is 108 cm³/mol. The molecule has 0 saturated heterocycles. The second-order valence-electron chi connectivity index (χ2n) is 6.30. The van der Waals surface area contributed by atoms with Crippen molar-refractivity contribution in [1.29, 1.82) is 0 Å². The van der Waals surface area contributed by atoms with Crippen molar-refractivity contribution in [1.82, 2.24) is 4.98 Å². The maximum absolute atomic E-state index is 13.1. The summed E-state index contributed by atoms with van der Waals surface area (Å²) >= 11 is 4.55. The molecule has 134 valence electrons. The second kappa shape index (κ2) is 7.42. The van der Waals surface area contributed by atoms with Gasteiger partial charge in [-0.05, 0) is 49.6 Å². The van der Waals surface area contributed by atoms with Crippen LogP contribution >= 0.6 is 34.0 Å². The molecule has 0 aromatic carbocycles. The summed E-state index contributed by atoms with van der Waals surface area (Å²) in [7, 11) is 0. The monoisotopic (exact) mass is 402 g/mol. The molecule has 0 fully saturated rings. The third-order valence-corrected chi connectivity index (χ3v) is 7.30. The van der Waals surface area contributed by atoms with Gasteiger partial charge < -0.3 is 5.32 Å². The lowest BCUT2D eigenvalue weighted by Crippen LogP contribution is -2.16. The minimum atomic E-state index is -0.117. The van der Waals surface area contributed by atoms with Crippen LogP contribution in [0.15, 0.2) is 22.9 Å². The van der Waals surface area contributed by atoms with Crippen LogP contribution < -0.4 is 5.32 Å². The Labute approximate surface area is 163 Å². The number of carbonyl (C=O) groups excluding carboxylic acids is 2. The molecule has 4 rings (SSSR count). The highest BCUT2D eigenvalue weighted by atomic mass is 32.1. The fraction of sp³-hybridized carbons (Fsp3) is 0.316. The smallest absolute Gasteiger partial charge is 0.231 e.